The van der Waals surface area contributed by atoms with Gasteiger partial charge in [0, 0.05) is 25.8 Å². The summed E-state index contributed by atoms with van der Waals surface area (Å²) >= 11 is 0. The fourth-order valence-corrected chi connectivity index (χ4v) is 4.10. The Balaban J connectivity index is 1.38. The Morgan fingerprint density at radius 1 is 1.23 bits per heavy atom. The SMILES string of the molecule is COc1ccc2c(=O)n(CC3CCN(CC4CCCO4)CC3)cnc2c1. The zero-order chi connectivity index (χ0) is 17.9. The molecule has 0 bridgehead atoms. The first-order chi connectivity index (χ1) is 12.7. The monoisotopic (exact) mass is 357 g/mol. The maximum Gasteiger partial charge on any atom is 0.261 e. The predicted octanol–water partition coefficient (Wildman–Crippen LogP) is 2.30. The Kier molecular flexibility index (Phi) is 5.22. The first-order valence-corrected chi connectivity index (χ1v) is 9.60. The van der Waals surface area contributed by atoms with E-state index in [2.05, 4.69) is 9.88 Å². The molecule has 0 spiro atoms. The summed E-state index contributed by atoms with van der Waals surface area (Å²) in [7, 11) is 1.62. The molecule has 0 radical (unpaired) electrons. The second kappa shape index (κ2) is 7.76. The smallest absolute Gasteiger partial charge is 0.261 e. The topological polar surface area (TPSA) is 56.6 Å². The normalized spacial score (nSPS) is 22.1. The van der Waals surface area contributed by atoms with E-state index >= 15 is 0 Å². The number of benzene rings is 1. The van der Waals surface area contributed by atoms with Crippen molar-refractivity contribution >= 4 is 10.9 Å². The van der Waals surface area contributed by atoms with Crippen LogP contribution in [0.2, 0.25) is 0 Å². The molecule has 2 aromatic rings. The van der Waals surface area contributed by atoms with Gasteiger partial charge >= 0.3 is 0 Å². The molecule has 26 heavy (non-hydrogen) atoms. The van der Waals surface area contributed by atoms with Crippen LogP contribution in [0.5, 0.6) is 5.75 Å². The van der Waals surface area contributed by atoms with E-state index in [0.29, 0.717) is 22.9 Å². The Labute approximate surface area is 153 Å². The van der Waals surface area contributed by atoms with Crippen molar-refractivity contribution in [2.75, 3.05) is 33.4 Å². The van der Waals surface area contributed by atoms with Gasteiger partial charge in [-0.1, -0.05) is 0 Å². The highest BCUT2D eigenvalue weighted by molar-refractivity contribution is 5.78. The minimum Gasteiger partial charge on any atom is -0.497 e. The average molecular weight is 357 g/mol. The van der Waals surface area contributed by atoms with Gasteiger partial charge in [-0.3, -0.25) is 9.36 Å². The van der Waals surface area contributed by atoms with Crippen LogP contribution in [0.15, 0.2) is 29.3 Å². The molecule has 4 rings (SSSR count). The number of hydrogen-bond acceptors (Lipinski definition) is 5. The number of likely N-dealkylation sites (tertiary alicyclic amines) is 1. The van der Waals surface area contributed by atoms with E-state index in [1.165, 1.54) is 12.8 Å². The zero-order valence-corrected chi connectivity index (χ0v) is 15.4. The summed E-state index contributed by atoms with van der Waals surface area (Å²) in [5, 5.41) is 0.657. The second-order valence-corrected chi connectivity index (χ2v) is 7.46. The molecule has 0 N–H and O–H groups in total. The van der Waals surface area contributed by atoms with Crippen molar-refractivity contribution < 1.29 is 9.47 Å². The maximum absolute atomic E-state index is 12.8. The van der Waals surface area contributed by atoms with Gasteiger partial charge in [-0.05, 0) is 56.8 Å². The van der Waals surface area contributed by atoms with Crippen LogP contribution in [0.1, 0.15) is 25.7 Å². The van der Waals surface area contributed by atoms with Gasteiger partial charge in [-0.25, -0.2) is 4.98 Å². The van der Waals surface area contributed by atoms with Gasteiger partial charge in [0.1, 0.15) is 5.75 Å². The standard InChI is InChI=1S/C20H27N3O3/c1-25-16-4-5-18-19(11-16)21-14-23(20(18)24)12-15-6-8-22(9-7-15)13-17-3-2-10-26-17/h4-5,11,14-15,17H,2-3,6-10,12-13H2,1H3. The Morgan fingerprint density at radius 2 is 2.08 bits per heavy atom. The van der Waals surface area contributed by atoms with Crippen LogP contribution >= 0.6 is 0 Å². The lowest BCUT2D eigenvalue weighted by Gasteiger charge is -2.33. The molecule has 6 nitrogen and oxygen atoms in total. The summed E-state index contributed by atoms with van der Waals surface area (Å²) in [6.45, 7) is 4.92. The van der Waals surface area contributed by atoms with Crippen LogP contribution < -0.4 is 10.3 Å². The van der Waals surface area contributed by atoms with E-state index in [1.54, 1.807) is 18.0 Å². The molecule has 6 heteroatoms. The first-order valence-electron chi connectivity index (χ1n) is 9.60. The van der Waals surface area contributed by atoms with E-state index in [0.717, 1.165) is 51.4 Å². The van der Waals surface area contributed by atoms with Crippen molar-refractivity contribution in [1.29, 1.82) is 0 Å². The molecule has 1 aromatic carbocycles. The molecule has 0 saturated carbocycles. The lowest BCUT2D eigenvalue weighted by Crippen LogP contribution is -2.40. The van der Waals surface area contributed by atoms with Crippen LogP contribution in [0.4, 0.5) is 0 Å². The van der Waals surface area contributed by atoms with Gasteiger partial charge in [0.25, 0.3) is 5.56 Å². The Morgan fingerprint density at radius 3 is 2.81 bits per heavy atom. The van der Waals surface area contributed by atoms with Crippen molar-refractivity contribution in [3.63, 3.8) is 0 Å². The van der Waals surface area contributed by atoms with E-state index < -0.39 is 0 Å². The van der Waals surface area contributed by atoms with Crippen LogP contribution in [0, 0.1) is 5.92 Å². The molecule has 1 aromatic heterocycles. The van der Waals surface area contributed by atoms with Crippen molar-refractivity contribution in [3.8, 4) is 5.75 Å². The number of hydrogen-bond donors (Lipinski definition) is 0. The van der Waals surface area contributed by atoms with Gasteiger partial charge < -0.3 is 14.4 Å². The third-order valence-electron chi connectivity index (χ3n) is 5.68. The number of nitrogens with zero attached hydrogens (tertiary/aromatic N) is 3. The molecule has 1 atom stereocenters. The molecule has 1 unspecified atom stereocenters. The van der Waals surface area contributed by atoms with E-state index in [9.17, 15) is 4.79 Å². The highest BCUT2D eigenvalue weighted by atomic mass is 16.5. The minimum absolute atomic E-state index is 0.0411. The quantitative estimate of drug-likeness (QED) is 0.822. The number of rotatable bonds is 5. The second-order valence-electron chi connectivity index (χ2n) is 7.46. The van der Waals surface area contributed by atoms with Gasteiger partial charge in [-0.15, -0.1) is 0 Å². The van der Waals surface area contributed by atoms with Gasteiger partial charge in [0.2, 0.25) is 0 Å². The summed E-state index contributed by atoms with van der Waals surface area (Å²) in [5.41, 5.74) is 0.733. The number of aromatic nitrogens is 2. The van der Waals surface area contributed by atoms with Gasteiger partial charge in [0.05, 0.1) is 30.4 Å². The Hall–Kier alpha value is -1.92. The molecule has 2 saturated heterocycles. The number of methoxy groups -OCH3 is 1. The molecular weight excluding hydrogens is 330 g/mol. The van der Waals surface area contributed by atoms with Gasteiger partial charge in [-0.2, -0.15) is 0 Å². The summed E-state index contributed by atoms with van der Waals surface area (Å²) in [6, 6.07) is 5.44. The van der Waals surface area contributed by atoms with Crippen LogP contribution in [0.3, 0.4) is 0 Å². The maximum atomic E-state index is 12.8. The lowest BCUT2D eigenvalue weighted by molar-refractivity contribution is 0.0583. The highest BCUT2D eigenvalue weighted by Crippen LogP contribution is 2.22. The lowest BCUT2D eigenvalue weighted by atomic mass is 9.96. The third kappa shape index (κ3) is 3.76. The molecule has 0 amide bonds. The number of ether oxygens (including phenoxy) is 2. The summed E-state index contributed by atoms with van der Waals surface area (Å²) in [6.07, 6.45) is 6.76. The van der Waals surface area contributed by atoms with E-state index in [1.807, 2.05) is 18.2 Å². The van der Waals surface area contributed by atoms with Crippen LogP contribution in [-0.4, -0.2) is 53.9 Å². The fraction of sp³-hybridized carbons (Fsp3) is 0.600. The molecule has 0 aliphatic carbocycles. The Bertz CT molecular complexity index is 806. The van der Waals surface area contributed by atoms with E-state index in [4.69, 9.17) is 9.47 Å². The fourth-order valence-electron chi connectivity index (χ4n) is 4.10. The summed E-state index contributed by atoms with van der Waals surface area (Å²) in [4.78, 5) is 19.7. The molecule has 2 fully saturated rings. The number of piperidine rings is 1. The van der Waals surface area contributed by atoms with Crippen molar-refractivity contribution in [3.05, 3.63) is 34.9 Å². The predicted molar refractivity (Wildman–Crippen MR) is 101 cm³/mol. The zero-order valence-electron chi connectivity index (χ0n) is 15.4. The summed E-state index contributed by atoms with van der Waals surface area (Å²) < 4.78 is 12.7. The molecule has 140 valence electrons. The molecule has 3 heterocycles. The third-order valence-corrected chi connectivity index (χ3v) is 5.68. The highest BCUT2D eigenvalue weighted by Gasteiger charge is 2.24. The minimum atomic E-state index is 0.0411. The van der Waals surface area contributed by atoms with Crippen LogP contribution in [-0.2, 0) is 11.3 Å². The first kappa shape index (κ1) is 17.5. The van der Waals surface area contributed by atoms with Gasteiger partial charge in [0.15, 0.2) is 0 Å². The molecular formula is C20H27N3O3. The molecule has 2 aliphatic heterocycles. The van der Waals surface area contributed by atoms with Crippen molar-refractivity contribution in [1.82, 2.24) is 14.5 Å². The van der Waals surface area contributed by atoms with Crippen molar-refractivity contribution in [2.45, 2.75) is 38.3 Å². The van der Waals surface area contributed by atoms with Crippen molar-refractivity contribution in [2.24, 2.45) is 5.92 Å². The summed E-state index contributed by atoms with van der Waals surface area (Å²) in [5.74, 6) is 1.26. The van der Waals surface area contributed by atoms with E-state index in [-0.39, 0.29) is 5.56 Å². The average Bonchev–Trinajstić information content (AvgIpc) is 3.18. The van der Waals surface area contributed by atoms with Crippen LogP contribution in [0.25, 0.3) is 10.9 Å². The molecule has 2 aliphatic rings. The number of fused-ring (bicyclic) bond motifs is 1. The largest absolute Gasteiger partial charge is 0.497 e.